The van der Waals surface area contributed by atoms with Crippen molar-refractivity contribution in [3.63, 3.8) is 0 Å². The summed E-state index contributed by atoms with van der Waals surface area (Å²) in [6.07, 6.45) is 0. The maximum Gasteiger partial charge on any atom is 0.335 e. The molecule has 0 unspecified atom stereocenters. The van der Waals surface area contributed by atoms with Crippen LogP contribution in [-0.2, 0) is 6.54 Å². The fourth-order valence-corrected chi connectivity index (χ4v) is 2.41. The Kier molecular flexibility index (Phi) is 4.39. The molecular formula is C18H18N4O2. The molecule has 3 rings (SSSR count). The van der Waals surface area contributed by atoms with E-state index in [2.05, 4.69) is 15.3 Å². The molecule has 0 radical (unpaired) electrons. The molecule has 122 valence electrons. The molecule has 0 aliphatic heterocycles. The maximum absolute atomic E-state index is 10.9. The molecule has 0 aliphatic rings. The molecule has 1 aromatic heterocycles. The molecule has 0 atom stereocenters. The van der Waals surface area contributed by atoms with Crippen LogP contribution in [0.5, 0.6) is 0 Å². The van der Waals surface area contributed by atoms with Gasteiger partial charge in [-0.2, -0.15) is 0 Å². The molecule has 3 aromatic rings. The molecule has 0 saturated carbocycles. The van der Waals surface area contributed by atoms with Gasteiger partial charge < -0.3 is 15.3 Å². The van der Waals surface area contributed by atoms with Crippen LogP contribution in [0.4, 0.5) is 11.5 Å². The van der Waals surface area contributed by atoms with Gasteiger partial charge in [0, 0.05) is 11.1 Å². The number of hydrogen-bond donors (Lipinski definition) is 2. The van der Waals surface area contributed by atoms with Crippen molar-refractivity contribution in [3.05, 3.63) is 59.9 Å². The van der Waals surface area contributed by atoms with Gasteiger partial charge in [0.25, 0.3) is 0 Å². The van der Waals surface area contributed by atoms with E-state index in [-0.39, 0.29) is 5.56 Å². The summed E-state index contributed by atoms with van der Waals surface area (Å²) in [6.45, 7) is 0.636. The highest BCUT2D eigenvalue weighted by Crippen LogP contribution is 2.24. The Hall–Kier alpha value is -2.99. The number of carboxylic acid groups (broad SMARTS) is 1. The predicted molar refractivity (Wildman–Crippen MR) is 93.6 cm³/mol. The summed E-state index contributed by atoms with van der Waals surface area (Å²) in [7, 11) is 3.94. The molecule has 0 spiro atoms. The number of fused-ring (bicyclic) bond motifs is 1. The molecule has 1 heterocycles. The van der Waals surface area contributed by atoms with Crippen LogP contribution < -0.4 is 5.32 Å². The van der Waals surface area contributed by atoms with E-state index in [0.29, 0.717) is 12.4 Å². The number of anilines is 2. The third kappa shape index (κ3) is 3.49. The van der Waals surface area contributed by atoms with Gasteiger partial charge in [-0.05, 0) is 50.5 Å². The Morgan fingerprint density at radius 2 is 1.79 bits per heavy atom. The molecule has 0 bridgehead atoms. The Morgan fingerprint density at radius 3 is 2.46 bits per heavy atom. The van der Waals surface area contributed by atoms with E-state index < -0.39 is 5.97 Å². The Bertz CT molecular complexity index is 876. The molecule has 0 fully saturated rings. The lowest BCUT2D eigenvalue weighted by atomic mass is 10.2. The highest BCUT2D eigenvalue weighted by Gasteiger charge is 2.09. The van der Waals surface area contributed by atoms with Gasteiger partial charge in [-0.25, -0.2) is 14.8 Å². The van der Waals surface area contributed by atoms with Crippen LogP contribution in [0.2, 0.25) is 0 Å². The fourth-order valence-electron chi connectivity index (χ4n) is 2.41. The molecule has 24 heavy (non-hydrogen) atoms. The normalized spacial score (nSPS) is 11.0. The topological polar surface area (TPSA) is 78.4 Å². The van der Waals surface area contributed by atoms with Gasteiger partial charge in [0.2, 0.25) is 0 Å². The van der Waals surface area contributed by atoms with Crippen LogP contribution in [-0.4, -0.2) is 40.0 Å². The zero-order valence-electron chi connectivity index (χ0n) is 13.5. The molecule has 0 amide bonds. The highest BCUT2D eigenvalue weighted by atomic mass is 16.4. The van der Waals surface area contributed by atoms with Gasteiger partial charge in [-0.3, -0.25) is 0 Å². The van der Waals surface area contributed by atoms with Crippen LogP contribution >= 0.6 is 0 Å². The van der Waals surface area contributed by atoms with Crippen LogP contribution in [0, 0.1) is 0 Å². The molecule has 6 nitrogen and oxygen atoms in total. The minimum Gasteiger partial charge on any atom is -0.478 e. The number of carbonyl (C=O) groups is 1. The number of aromatic carboxylic acids is 1. The van der Waals surface area contributed by atoms with Crippen LogP contribution in [0.1, 0.15) is 16.2 Å². The van der Waals surface area contributed by atoms with Crippen molar-refractivity contribution in [2.24, 2.45) is 0 Å². The van der Waals surface area contributed by atoms with Crippen molar-refractivity contribution >= 4 is 28.4 Å². The second kappa shape index (κ2) is 6.64. The minimum atomic E-state index is -0.942. The second-order valence-electron chi connectivity index (χ2n) is 5.75. The smallest absolute Gasteiger partial charge is 0.335 e. The third-order valence-electron chi connectivity index (χ3n) is 3.50. The van der Waals surface area contributed by atoms with Gasteiger partial charge in [-0.1, -0.05) is 12.1 Å². The summed E-state index contributed by atoms with van der Waals surface area (Å²) in [5.41, 5.74) is 1.90. The Labute approximate surface area is 139 Å². The minimum absolute atomic E-state index is 0.251. The van der Waals surface area contributed by atoms with E-state index in [9.17, 15) is 4.79 Å². The molecule has 2 aromatic carbocycles. The number of aromatic nitrogens is 2. The lowest BCUT2D eigenvalue weighted by Gasteiger charge is -2.13. The largest absolute Gasteiger partial charge is 0.478 e. The van der Waals surface area contributed by atoms with Crippen molar-refractivity contribution in [2.75, 3.05) is 19.4 Å². The van der Waals surface area contributed by atoms with E-state index in [1.165, 1.54) is 0 Å². The molecule has 2 N–H and O–H groups in total. The standard InChI is InChI=1S/C18H18N4O2/c1-22(2)11-16-20-15-6-4-3-5-14(15)17(21-16)19-13-9-7-12(8-10-13)18(23)24/h3-10H,11H2,1-2H3,(H,23,24)(H,19,20,21). The quantitative estimate of drug-likeness (QED) is 0.751. The molecule has 0 saturated heterocycles. The van der Waals surface area contributed by atoms with Gasteiger partial charge in [0.1, 0.15) is 11.6 Å². The summed E-state index contributed by atoms with van der Waals surface area (Å²) in [5, 5.41) is 13.2. The summed E-state index contributed by atoms with van der Waals surface area (Å²) in [5.74, 6) is 0.492. The monoisotopic (exact) mass is 322 g/mol. The predicted octanol–water partition coefficient (Wildman–Crippen LogP) is 3.13. The Morgan fingerprint density at radius 1 is 1.08 bits per heavy atom. The zero-order valence-corrected chi connectivity index (χ0v) is 13.5. The van der Waals surface area contributed by atoms with E-state index >= 15 is 0 Å². The first-order valence-electron chi connectivity index (χ1n) is 7.54. The van der Waals surface area contributed by atoms with Crippen molar-refractivity contribution in [1.82, 2.24) is 14.9 Å². The molecule has 0 aliphatic carbocycles. The van der Waals surface area contributed by atoms with Crippen molar-refractivity contribution in [2.45, 2.75) is 6.54 Å². The molecular weight excluding hydrogens is 304 g/mol. The first kappa shape index (κ1) is 15.9. The molecule has 6 heteroatoms. The summed E-state index contributed by atoms with van der Waals surface area (Å²) in [6, 6.07) is 14.4. The number of nitrogens with zero attached hydrogens (tertiary/aromatic N) is 3. The summed E-state index contributed by atoms with van der Waals surface area (Å²) >= 11 is 0. The first-order valence-corrected chi connectivity index (χ1v) is 7.54. The highest BCUT2D eigenvalue weighted by molar-refractivity contribution is 5.91. The van der Waals surface area contributed by atoms with E-state index in [1.54, 1.807) is 24.3 Å². The van der Waals surface area contributed by atoms with E-state index in [1.807, 2.05) is 43.3 Å². The fraction of sp³-hybridized carbons (Fsp3) is 0.167. The number of rotatable bonds is 5. The van der Waals surface area contributed by atoms with Crippen molar-refractivity contribution < 1.29 is 9.90 Å². The van der Waals surface area contributed by atoms with Crippen LogP contribution in [0.3, 0.4) is 0 Å². The zero-order chi connectivity index (χ0) is 17.1. The van der Waals surface area contributed by atoms with Gasteiger partial charge in [-0.15, -0.1) is 0 Å². The van der Waals surface area contributed by atoms with Crippen molar-refractivity contribution in [3.8, 4) is 0 Å². The number of nitrogens with one attached hydrogen (secondary N) is 1. The average Bonchev–Trinajstić information content (AvgIpc) is 2.55. The SMILES string of the molecule is CN(C)Cc1nc(Nc2ccc(C(=O)O)cc2)c2ccccc2n1. The average molecular weight is 322 g/mol. The van der Waals surface area contributed by atoms with Gasteiger partial charge in [0.15, 0.2) is 0 Å². The van der Waals surface area contributed by atoms with E-state index in [0.717, 1.165) is 22.4 Å². The number of carboxylic acids is 1. The van der Waals surface area contributed by atoms with Gasteiger partial charge >= 0.3 is 5.97 Å². The van der Waals surface area contributed by atoms with Gasteiger partial charge in [0.05, 0.1) is 17.6 Å². The van der Waals surface area contributed by atoms with Crippen LogP contribution in [0.25, 0.3) is 10.9 Å². The second-order valence-corrected chi connectivity index (χ2v) is 5.75. The van der Waals surface area contributed by atoms with Crippen LogP contribution in [0.15, 0.2) is 48.5 Å². The number of hydrogen-bond acceptors (Lipinski definition) is 5. The third-order valence-corrected chi connectivity index (χ3v) is 3.50. The summed E-state index contributed by atoms with van der Waals surface area (Å²) in [4.78, 5) is 22.2. The number of benzene rings is 2. The van der Waals surface area contributed by atoms with Crippen molar-refractivity contribution in [1.29, 1.82) is 0 Å². The lowest BCUT2D eigenvalue weighted by molar-refractivity contribution is 0.0697. The summed E-state index contributed by atoms with van der Waals surface area (Å²) < 4.78 is 0. The van der Waals surface area contributed by atoms with E-state index in [4.69, 9.17) is 5.11 Å². The lowest BCUT2D eigenvalue weighted by Crippen LogP contribution is -2.14. The maximum atomic E-state index is 10.9. The number of para-hydroxylation sites is 1. The Balaban J connectivity index is 1.99. The first-order chi connectivity index (χ1) is 11.5.